The number of rotatable bonds is 3. The number of likely N-dealkylation sites (N-methyl/N-ethyl adjacent to an activating group) is 1. The zero-order valence-corrected chi connectivity index (χ0v) is 14.5. The fourth-order valence-corrected chi connectivity index (χ4v) is 3.63. The number of fused-ring (bicyclic) bond motifs is 1. The number of benzene rings is 1. The molecular weight excluding hydrogens is 343 g/mol. The molecular formula is C17H18ClFN6. The Hall–Kier alpha value is -2.25. The summed E-state index contributed by atoms with van der Waals surface area (Å²) in [6, 6.07) is 5.19. The summed E-state index contributed by atoms with van der Waals surface area (Å²) < 4.78 is 14.3. The van der Waals surface area contributed by atoms with Gasteiger partial charge in [0.25, 0.3) is 0 Å². The molecule has 2 aromatic heterocycles. The molecule has 0 aliphatic heterocycles. The van der Waals surface area contributed by atoms with Gasteiger partial charge in [-0.1, -0.05) is 17.7 Å². The molecule has 2 heterocycles. The van der Waals surface area contributed by atoms with Gasteiger partial charge in [0.15, 0.2) is 11.5 Å². The Labute approximate surface area is 149 Å². The topological polar surface area (TPSA) is 83.7 Å². The number of anilines is 1. The van der Waals surface area contributed by atoms with Gasteiger partial charge in [0.05, 0.1) is 11.2 Å². The van der Waals surface area contributed by atoms with Crippen molar-refractivity contribution in [2.75, 3.05) is 11.9 Å². The van der Waals surface area contributed by atoms with E-state index in [4.69, 9.17) is 17.3 Å². The van der Waals surface area contributed by atoms with E-state index in [1.165, 1.54) is 6.07 Å². The second-order valence-electron chi connectivity index (χ2n) is 6.37. The van der Waals surface area contributed by atoms with Crippen LogP contribution in [0.1, 0.15) is 19.3 Å². The molecule has 1 fully saturated rings. The molecule has 0 bridgehead atoms. The van der Waals surface area contributed by atoms with Crippen molar-refractivity contribution in [2.45, 2.75) is 31.3 Å². The van der Waals surface area contributed by atoms with Gasteiger partial charge in [0.1, 0.15) is 17.0 Å². The third kappa shape index (κ3) is 2.73. The van der Waals surface area contributed by atoms with E-state index in [1.54, 1.807) is 18.3 Å². The van der Waals surface area contributed by atoms with E-state index in [-0.39, 0.29) is 17.1 Å². The fourth-order valence-electron chi connectivity index (χ4n) is 3.46. The molecule has 6 nitrogen and oxygen atoms in total. The van der Waals surface area contributed by atoms with E-state index in [9.17, 15) is 4.39 Å². The number of aromatic amines is 1. The monoisotopic (exact) mass is 360 g/mol. The number of H-pyrrole nitrogens is 1. The molecule has 8 heteroatoms. The van der Waals surface area contributed by atoms with Crippen LogP contribution < -0.4 is 10.6 Å². The first-order chi connectivity index (χ1) is 12.1. The zero-order valence-electron chi connectivity index (χ0n) is 13.7. The minimum atomic E-state index is -0.516. The van der Waals surface area contributed by atoms with E-state index in [1.807, 2.05) is 7.05 Å². The van der Waals surface area contributed by atoms with Crippen molar-refractivity contribution in [3.8, 4) is 11.3 Å². The summed E-state index contributed by atoms with van der Waals surface area (Å²) in [7, 11) is 1.97. The highest BCUT2D eigenvalue weighted by molar-refractivity contribution is 6.31. The Bertz CT molecular complexity index is 927. The molecule has 0 saturated heterocycles. The fraction of sp³-hybridized carbons (Fsp3) is 0.353. The van der Waals surface area contributed by atoms with Crippen LogP contribution in [0, 0.1) is 5.82 Å². The molecule has 4 rings (SSSR count). The molecule has 0 unspecified atom stereocenters. The number of hydrogen-bond acceptors (Lipinski definition) is 5. The van der Waals surface area contributed by atoms with Gasteiger partial charge in [-0.25, -0.2) is 14.4 Å². The van der Waals surface area contributed by atoms with E-state index < -0.39 is 5.82 Å². The SMILES string of the molecule is CN(c1cnc2c(-c3cccc(Cl)c3F)n[nH]c2n1)[C@H]1CCC[C@H]1N. The molecule has 130 valence electrons. The van der Waals surface area contributed by atoms with Gasteiger partial charge in [0, 0.05) is 24.7 Å². The van der Waals surface area contributed by atoms with E-state index in [0.717, 1.165) is 25.1 Å². The predicted octanol–water partition coefficient (Wildman–Crippen LogP) is 3.13. The van der Waals surface area contributed by atoms with Crippen molar-refractivity contribution in [1.82, 2.24) is 20.2 Å². The van der Waals surface area contributed by atoms with Gasteiger partial charge in [-0.2, -0.15) is 5.10 Å². The summed E-state index contributed by atoms with van der Waals surface area (Å²) in [6.07, 6.45) is 4.86. The summed E-state index contributed by atoms with van der Waals surface area (Å²) in [4.78, 5) is 11.1. The summed E-state index contributed by atoms with van der Waals surface area (Å²) >= 11 is 5.87. The van der Waals surface area contributed by atoms with Crippen molar-refractivity contribution in [2.24, 2.45) is 5.73 Å². The van der Waals surface area contributed by atoms with Crippen molar-refractivity contribution in [3.63, 3.8) is 0 Å². The number of aromatic nitrogens is 4. The maximum atomic E-state index is 14.3. The third-order valence-corrected chi connectivity index (χ3v) is 5.15. The first-order valence-electron chi connectivity index (χ1n) is 8.20. The van der Waals surface area contributed by atoms with Crippen LogP contribution in [0.3, 0.4) is 0 Å². The largest absolute Gasteiger partial charge is 0.354 e. The number of nitrogens with two attached hydrogens (primary N) is 1. The smallest absolute Gasteiger partial charge is 0.177 e. The molecule has 1 saturated carbocycles. The Morgan fingerprint density at radius 3 is 2.96 bits per heavy atom. The third-order valence-electron chi connectivity index (χ3n) is 4.85. The average Bonchev–Trinajstić information content (AvgIpc) is 3.22. The highest BCUT2D eigenvalue weighted by Gasteiger charge is 2.28. The first kappa shape index (κ1) is 16.2. The molecule has 2 atom stereocenters. The molecule has 3 N–H and O–H groups in total. The molecule has 0 spiro atoms. The van der Waals surface area contributed by atoms with Gasteiger partial charge < -0.3 is 10.6 Å². The van der Waals surface area contributed by atoms with Crippen LogP contribution in [0.5, 0.6) is 0 Å². The molecule has 1 aromatic carbocycles. The lowest BCUT2D eigenvalue weighted by molar-refractivity contribution is 0.568. The molecule has 0 amide bonds. The van der Waals surface area contributed by atoms with E-state index in [0.29, 0.717) is 22.4 Å². The standard InChI is InChI=1S/C17H18ClFN6/c1-25(12-7-3-6-11(12)20)13-8-21-16-15(23-24-17(16)22-13)9-4-2-5-10(18)14(9)19/h2,4-5,8,11-12H,3,6-7,20H2,1H3,(H,22,23,24)/t11-,12+/m1/s1. The van der Waals surface area contributed by atoms with Gasteiger partial charge >= 0.3 is 0 Å². The normalized spacial score (nSPS) is 20.3. The minimum Gasteiger partial charge on any atom is -0.354 e. The Balaban J connectivity index is 1.73. The average molecular weight is 361 g/mol. The quantitative estimate of drug-likeness (QED) is 0.749. The summed E-state index contributed by atoms with van der Waals surface area (Å²) in [5, 5.41) is 7.08. The highest BCUT2D eigenvalue weighted by Crippen LogP contribution is 2.31. The predicted molar refractivity (Wildman–Crippen MR) is 96.1 cm³/mol. The van der Waals surface area contributed by atoms with Crippen molar-refractivity contribution < 1.29 is 4.39 Å². The van der Waals surface area contributed by atoms with Crippen LogP contribution in [0.15, 0.2) is 24.4 Å². The van der Waals surface area contributed by atoms with Gasteiger partial charge in [-0.05, 0) is 31.4 Å². The summed E-state index contributed by atoms with van der Waals surface area (Å²) in [6.45, 7) is 0. The van der Waals surface area contributed by atoms with Crippen LogP contribution in [-0.4, -0.2) is 39.3 Å². The summed E-state index contributed by atoms with van der Waals surface area (Å²) in [5.41, 5.74) is 7.89. The Morgan fingerprint density at radius 1 is 1.36 bits per heavy atom. The molecule has 0 radical (unpaired) electrons. The molecule has 1 aliphatic rings. The number of nitrogens with one attached hydrogen (secondary N) is 1. The maximum absolute atomic E-state index is 14.3. The van der Waals surface area contributed by atoms with Crippen molar-refractivity contribution in [3.05, 3.63) is 35.2 Å². The first-order valence-corrected chi connectivity index (χ1v) is 8.58. The highest BCUT2D eigenvalue weighted by atomic mass is 35.5. The Morgan fingerprint density at radius 2 is 2.20 bits per heavy atom. The second kappa shape index (κ2) is 6.24. The molecule has 25 heavy (non-hydrogen) atoms. The lowest BCUT2D eigenvalue weighted by atomic mass is 10.1. The number of halogens is 2. The Kier molecular flexibility index (Phi) is 4.05. The number of hydrogen-bond donors (Lipinski definition) is 2. The summed E-state index contributed by atoms with van der Waals surface area (Å²) in [5.74, 6) is 0.203. The maximum Gasteiger partial charge on any atom is 0.177 e. The van der Waals surface area contributed by atoms with Crippen LogP contribution in [0.2, 0.25) is 5.02 Å². The van der Waals surface area contributed by atoms with Gasteiger partial charge in [0.2, 0.25) is 0 Å². The van der Waals surface area contributed by atoms with Crippen molar-refractivity contribution >= 4 is 28.6 Å². The molecule has 3 aromatic rings. The van der Waals surface area contributed by atoms with E-state index in [2.05, 4.69) is 25.1 Å². The van der Waals surface area contributed by atoms with Crippen LogP contribution in [-0.2, 0) is 0 Å². The lowest BCUT2D eigenvalue weighted by Gasteiger charge is -2.28. The van der Waals surface area contributed by atoms with E-state index >= 15 is 0 Å². The number of nitrogens with zero attached hydrogens (tertiary/aromatic N) is 4. The zero-order chi connectivity index (χ0) is 17.6. The van der Waals surface area contributed by atoms with Gasteiger partial charge in [-0.15, -0.1) is 0 Å². The molecule has 1 aliphatic carbocycles. The van der Waals surface area contributed by atoms with Crippen LogP contribution in [0.25, 0.3) is 22.4 Å². The van der Waals surface area contributed by atoms with Crippen LogP contribution >= 0.6 is 11.6 Å². The minimum absolute atomic E-state index is 0.0492. The van der Waals surface area contributed by atoms with Crippen molar-refractivity contribution in [1.29, 1.82) is 0 Å². The van der Waals surface area contributed by atoms with Crippen LogP contribution in [0.4, 0.5) is 10.2 Å². The lowest BCUT2D eigenvalue weighted by Crippen LogP contribution is -2.42. The second-order valence-corrected chi connectivity index (χ2v) is 6.78. The van der Waals surface area contributed by atoms with Gasteiger partial charge in [-0.3, -0.25) is 5.10 Å².